The van der Waals surface area contributed by atoms with Crippen LogP contribution in [0.1, 0.15) is 24.0 Å². The van der Waals surface area contributed by atoms with E-state index in [0.29, 0.717) is 18.5 Å². The molecule has 1 amide bonds. The van der Waals surface area contributed by atoms with E-state index in [0.717, 1.165) is 34.4 Å². The van der Waals surface area contributed by atoms with Gasteiger partial charge in [-0.15, -0.1) is 0 Å². The first kappa shape index (κ1) is 29.4. The van der Waals surface area contributed by atoms with Crippen LogP contribution in [0.5, 0.6) is 0 Å². The van der Waals surface area contributed by atoms with Crippen molar-refractivity contribution < 1.29 is 21.6 Å². The van der Waals surface area contributed by atoms with Gasteiger partial charge in [-0.3, -0.25) is 14.1 Å². The number of benzene rings is 3. The lowest BCUT2D eigenvalue weighted by Crippen LogP contribution is -2.51. The normalized spacial score (nSPS) is 17.0. The van der Waals surface area contributed by atoms with Gasteiger partial charge in [0.2, 0.25) is 5.91 Å². The number of hydrogen-bond acceptors (Lipinski definition) is 7. The highest BCUT2D eigenvalue weighted by Gasteiger charge is 2.41. The molecule has 41 heavy (non-hydrogen) atoms. The number of halogens is 2. The van der Waals surface area contributed by atoms with Crippen molar-refractivity contribution in [2.45, 2.75) is 30.2 Å². The number of carbonyl (C=O) groups excluding carboxylic acids is 1. The molecule has 2 N–H and O–H groups in total. The number of nitrogens with one attached hydrogen (secondary N) is 2. The number of fused-ring (bicyclic) bond motifs is 1. The maximum Gasteiger partial charge on any atom is 0.265 e. The minimum atomic E-state index is -4.31. The smallest absolute Gasteiger partial charge is 0.265 e. The Morgan fingerprint density at radius 2 is 1.68 bits per heavy atom. The average Bonchev–Trinajstić information content (AvgIpc) is 3.48. The number of amides is 1. The fourth-order valence-electron chi connectivity index (χ4n) is 4.87. The Morgan fingerprint density at radius 3 is 2.39 bits per heavy atom. The summed E-state index contributed by atoms with van der Waals surface area (Å²) in [7, 11) is -7.89. The van der Waals surface area contributed by atoms with Gasteiger partial charge in [0.15, 0.2) is 0 Å². The Bertz CT molecular complexity index is 1710. The molecule has 1 atom stereocenters. The van der Waals surface area contributed by atoms with Crippen LogP contribution in [0.3, 0.4) is 0 Å². The van der Waals surface area contributed by atoms with E-state index in [-0.39, 0.29) is 38.6 Å². The van der Waals surface area contributed by atoms with Crippen molar-refractivity contribution in [1.29, 1.82) is 0 Å². The summed E-state index contributed by atoms with van der Waals surface area (Å²) in [5, 5.41) is 6.15. The number of carbonyl (C=O) groups is 1. The number of sulfone groups is 1. The van der Waals surface area contributed by atoms with Crippen LogP contribution in [0.25, 0.3) is 0 Å². The number of nitrogens with zero attached hydrogens (tertiary/aromatic N) is 2. The lowest BCUT2D eigenvalue weighted by Gasteiger charge is -2.37. The lowest BCUT2D eigenvalue weighted by atomic mass is 10.1. The van der Waals surface area contributed by atoms with Crippen LogP contribution >= 0.6 is 23.2 Å². The SMILES string of the molecule is O=C1Nc2ccccc2N(S(=O)(=O)c2ccc(Cl)c(Cl)c2)[C@@H]1CCS(=O)(=O)CCCc1ccc(C2=NCCN2)cc1. The molecule has 0 unspecified atom stereocenters. The van der Waals surface area contributed by atoms with E-state index in [1.165, 1.54) is 18.2 Å². The number of amidine groups is 1. The van der Waals surface area contributed by atoms with Gasteiger partial charge >= 0.3 is 0 Å². The predicted octanol–water partition coefficient (Wildman–Crippen LogP) is 4.30. The molecule has 0 saturated carbocycles. The molecule has 5 rings (SSSR count). The van der Waals surface area contributed by atoms with E-state index in [1.54, 1.807) is 24.3 Å². The van der Waals surface area contributed by atoms with Crippen molar-refractivity contribution >= 4 is 66.2 Å². The van der Waals surface area contributed by atoms with Crippen molar-refractivity contribution in [3.63, 3.8) is 0 Å². The van der Waals surface area contributed by atoms with Crippen LogP contribution in [-0.4, -0.2) is 59.2 Å². The Hall–Kier alpha value is -3.12. The second-order valence-electron chi connectivity index (χ2n) is 9.80. The van der Waals surface area contributed by atoms with Crippen LogP contribution in [-0.2, 0) is 31.1 Å². The van der Waals surface area contributed by atoms with E-state index in [1.807, 2.05) is 24.3 Å². The molecule has 0 saturated heterocycles. The minimum absolute atomic E-state index is 0.0419. The van der Waals surface area contributed by atoms with Gasteiger partial charge in [0, 0.05) is 12.1 Å². The molecular weight excluding hydrogens is 607 g/mol. The summed E-state index contributed by atoms with van der Waals surface area (Å²) in [5.74, 6) is -0.189. The molecule has 0 bridgehead atoms. The number of rotatable bonds is 10. The van der Waals surface area contributed by atoms with E-state index in [9.17, 15) is 21.6 Å². The zero-order valence-electron chi connectivity index (χ0n) is 21.9. The van der Waals surface area contributed by atoms with Crippen molar-refractivity contribution in [2.75, 3.05) is 34.2 Å². The molecule has 3 aromatic rings. The number of anilines is 2. The van der Waals surface area contributed by atoms with Crippen LogP contribution in [0, 0.1) is 0 Å². The molecule has 13 heteroatoms. The standard InChI is InChI=1S/C28H28Cl2N4O5S2/c29-22-12-11-21(18-23(22)30)41(38,39)34-25-6-2-1-5-24(25)33-28(35)26(34)13-17-40(36,37)16-3-4-19-7-9-20(10-8-19)27-31-14-15-32-27/h1-2,5-12,18,26H,3-4,13-17H2,(H,31,32)(H,33,35)/t26-/m1/s1. The Kier molecular flexibility index (Phi) is 8.60. The number of para-hydroxylation sites is 2. The Labute approximate surface area is 249 Å². The molecular formula is C28H28Cl2N4O5S2. The van der Waals surface area contributed by atoms with Crippen molar-refractivity contribution in [3.05, 3.63) is 87.9 Å². The zero-order valence-corrected chi connectivity index (χ0v) is 25.0. The fraction of sp³-hybridized carbons (Fsp3) is 0.286. The summed E-state index contributed by atoms with van der Waals surface area (Å²) in [6.07, 6.45) is 0.743. The maximum atomic E-state index is 13.8. The molecule has 9 nitrogen and oxygen atoms in total. The highest BCUT2D eigenvalue weighted by molar-refractivity contribution is 7.93. The first-order chi connectivity index (χ1) is 19.5. The quantitative estimate of drug-likeness (QED) is 0.343. The Morgan fingerprint density at radius 1 is 0.927 bits per heavy atom. The summed E-state index contributed by atoms with van der Waals surface area (Å²) in [5.41, 5.74) is 2.54. The average molecular weight is 636 g/mol. The second kappa shape index (κ2) is 12.0. The van der Waals surface area contributed by atoms with E-state index >= 15 is 0 Å². The molecule has 2 aliphatic rings. The first-order valence-corrected chi connectivity index (χ1v) is 17.0. The molecule has 2 aliphatic heterocycles. The van der Waals surface area contributed by atoms with Gasteiger partial charge in [-0.25, -0.2) is 16.8 Å². The third-order valence-electron chi connectivity index (χ3n) is 6.96. The fourth-order valence-corrected chi connectivity index (χ4v) is 8.29. The molecule has 216 valence electrons. The van der Waals surface area contributed by atoms with Crippen LogP contribution in [0.4, 0.5) is 11.4 Å². The molecule has 0 aromatic heterocycles. The van der Waals surface area contributed by atoms with Crippen LogP contribution in [0.2, 0.25) is 10.0 Å². The van der Waals surface area contributed by atoms with Crippen molar-refractivity contribution in [3.8, 4) is 0 Å². The highest BCUT2D eigenvalue weighted by atomic mass is 35.5. The summed E-state index contributed by atoms with van der Waals surface area (Å²) in [6, 6.07) is 16.9. The summed E-state index contributed by atoms with van der Waals surface area (Å²) >= 11 is 12.1. The highest BCUT2D eigenvalue weighted by Crippen LogP contribution is 2.38. The van der Waals surface area contributed by atoms with Crippen molar-refractivity contribution in [2.24, 2.45) is 4.99 Å². The van der Waals surface area contributed by atoms with E-state index in [4.69, 9.17) is 23.2 Å². The lowest BCUT2D eigenvalue weighted by molar-refractivity contribution is -0.117. The number of hydrogen-bond donors (Lipinski definition) is 2. The summed E-state index contributed by atoms with van der Waals surface area (Å²) < 4.78 is 54.6. The topological polar surface area (TPSA) is 125 Å². The zero-order chi connectivity index (χ0) is 29.2. The maximum absolute atomic E-state index is 13.8. The van der Waals surface area contributed by atoms with Gasteiger partial charge in [-0.2, -0.15) is 0 Å². The summed E-state index contributed by atoms with van der Waals surface area (Å²) in [4.78, 5) is 17.4. The van der Waals surface area contributed by atoms with Crippen molar-refractivity contribution in [1.82, 2.24) is 5.32 Å². The predicted molar refractivity (Wildman–Crippen MR) is 162 cm³/mol. The third-order valence-corrected chi connectivity index (χ3v) is 11.3. The van der Waals surface area contributed by atoms with Crippen LogP contribution in [0.15, 0.2) is 76.6 Å². The second-order valence-corrected chi connectivity index (χ2v) is 14.7. The number of aryl methyl sites for hydroxylation is 1. The van der Waals surface area contributed by atoms with Gasteiger partial charge in [0.1, 0.15) is 21.7 Å². The molecule has 0 aliphatic carbocycles. The monoisotopic (exact) mass is 634 g/mol. The van der Waals surface area contributed by atoms with E-state index < -0.39 is 31.8 Å². The Balaban J connectivity index is 1.29. The van der Waals surface area contributed by atoms with Gasteiger partial charge in [0.25, 0.3) is 10.0 Å². The third kappa shape index (κ3) is 6.53. The largest absolute Gasteiger partial charge is 0.368 e. The first-order valence-electron chi connectivity index (χ1n) is 13.0. The van der Waals surface area contributed by atoms with Gasteiger partial charge in [-0.1, -0.05) is 59.6 Å². The molecule has 2 heterocycles. The van der Waals surface area contributed by atoms with Crippen LogP contribution < -0.4 is 14.9 Å². The van der Waals surface area contributed by atoms with Gasteiger partial charge in [-0.05, 0) is 55.2 Å². The van der Waals surface area contributed by atoms with Gasteiger partial charge < -0.3 is 10.6 Å². The number of sulfonamides is 1. The minimum Gasteiger partial charge on any atom is -0.368 e. The molecule has 3 aromatic carbocycles. The molecule has 0 spiro atoms. The summed E-state index contributed by atoms with van der Waals surface area (Å²) in [6.45, 7) is 1.58. The molecule has 0 fully saturated rings. The molecule has 0 radical (unpaired) electrons. The number of aliphatic imine (C=N–C) groups is 1. The van der Waals surface area contributed by atoms with E-state index in [2.05, 4.69) is 15.6 Å². The van der Waals surface area contributed by atoms with Gasteiger partial charge in [0.05, 0.1) is 44.4 Å².